The zero-order valence-corrected chi connectivity index (χ0v) is 15.9. The standard InChI is InChI=1S/C19H25ClN4O/c1-12(13-10-21-11-13)18(25)22-17-9-16(19(2,3)4)23-24(17)15-7-5-6-14(20)8-15/h5-9,12-13,21H,10-11H2,1-4H3,(H,22,25). The summed E-state index contributed by atoms with van der Waals surface area (Å²) in [6.45, 7) is 10.1. The molecule has 1 aromatic carbocycles. The molecule has 0 aliphatic carbocycles. The van der Waals surface area contributed by atoms with Crippen LogP contribution < -0.4 is 10.6 Å². The summed E-state index contributed by atoms with van der Waals surface area (Å²) in [5.41, 5.74) is 1.63. The van der Waals surface area contributed by atoms with Gasteiger partial charge in [-0.25, -0.2) is 4.68 Å². The fourth-order valence-electron chi connectivity index (χ4n) is 2.76. The van der Waals surface area contributed by atoms with Gasteiger partial charge >= 0.3 is 0 Å². The van der Waals surface area contributed by atoms with Crippen LogP contribution >= 0.6 is 11.6 Å². The number of nitrogens with zero attached hydrogens (tertiary/aromatic N) is 2. The van der Waals surface area contributed by atoms with Crippen LogP contribution in [0.2, 0.25) is 5.02 Å². The minimum atomic E-state index is -0.118. The van der Waals surface area contributed by atoms with Gasteiger partial charge in [0.25, 0.3) is 0 Å². The highest BCUT2D eigenvalue weighted by molar-refractivity contribution is 6.30. The molecule has 1 aliphatic heterocycles. The Morgan fingerprint density at radius 3 is 2.64 bits per heavy atom. The van der Waals surface area contributed by atoms with E-state index in [1.807, 2.05) is 37.3 Å². The van der Waals surface area contributed by atoms with E-state index in [9.17, 15) is 4.79 Å². The predicted molar refractivity (Wildman–Crippen MR) is 101 cm³/mol. The number of anilines is 1. The number of carbonyl (C=O) groups excluding carboxylic acids is 1. The van der Waals surface area contributed by atoms with Gasteiger partial charge in [-0.3, -0.25) is 4.79 Å². The van der Waals surface area contributed by atoms with Crippen molar-refractivity contribution in [3.8, 4) is 5.69 Å². The Morgan fingerprint density at radius 1 is 1.36 bits per heavy atom. The first-order valence-corrected chi connectivity index (χ1v) is 9.01. The van der Waals surface area contributed by atoms with Gasteiger partial charge in [0.1, 0.15) is 5.82 Å². The molecule has 2 N–H and O–H groups in total. The summed E-state index contributed by atoms with van der Waals surface area (Å²) in [5.74, 6) is 1.05. The normalized spacial score (nSPS) is 16.4. The Morgan fingerprint density at radius 2 is 2.08 bits per heavy atom. The monoisotopic (exact) mass is 360 g/mol. The number of hydrogen-bond acceptors (Lipinski definition) is 3. The third-order valence-corrected chi connectivity index (χ3v) is 4.95. The zero-order valence-electron chi connectivity index (χ0n) is 15.1. The number of amides is 1. The number of nitrogens with one attached hydrogen (secondary N) is 2. The van der Waals surface area contributed by atoms with Crippen molar-refractivity contribution in [2.24, 2.45) is 11.8 Å². The summed E-state index contributed by atoms with van der Waals surface area (Å²) in [5, 5.41) is 11.6. The second kappa shape index (κ2) is 6.81. The number of aromatic nitrogens is 2. The molecule has 1 aromatic heterocycles. The van der Waals surface area contributed by atoms with E-state index in [0.29, 0.717) is 16.8 Å². The lowest BCUT2D eigenvalue weighted by Gasteiger charge is -2.31. The molecule has 1 aliphatic rings. The first-order chi connectivity index (χ1) is 11.8. The van der Waals surface area contributed by atoms with Gasteiger partial charge in [-0.1, -0.05) is 45.4 Å². The van der Waals surface area contributed by atoms with E-state index in [1.54, 1.807) is 4.68 Å². The van der Waals surface area contributed by atoms with Crippen molar-refractivity contribution in [2.75, 3.05) is 18.4 Å². The molecule has 1 unspecified atom stereocenters. The second-order valence-electron chi connectivity index (χ2n) is 7.75. The minimum absolute atomic E-state index is 0.0233. The van der Waals surface area contributed by atoms with Crippen molar-refractivity contribution in [3.63, 3.8) is 0 Å². The molecular weight excluding hydrogens is 336 g/mol. The van der Waals surface area contributed by atoms with E-state index in [1.165, 1.54) is 0 Å². The summed E-state index contributed by atoms with van der Waals surface area (Å²) >= 11 is 6.13. The molecule has 2 heterocycles. The van der Waals surface area contributed by atoms with E-state index in [2.05, 4.69) is 31.4 Å². The van der Waals surface area contributed by atoms with Crippen LogP contribution in [0.5, 0.6) is 0 Å². The Bertz CT molecular complexity index is 774. The molecule has 0 saturated carbocycles. The molecule has 2 aromatic rings. The molecule has 1 saturated heterocycles. The summed E-state index contributed by atoms with van der Waals surface area (Å²) in [4.78, 5) is 12.7. The van der Waals surface area contributed by atoms with E-state index in [-0.39, 0.29) is 17.2 Å². The third-order valence-electron chi connectivity index (χ3n) is 4.72. The van der Waals surface area contributed by atoms with Crippen molar-refractivity contribution in [1.29, 1.82) is 0 Å². The molecule has 5 nitrogen and oxygen atoms in total. The molecule has 25 heavy (non-hydrogen) atoms. The van der Waals surface area contributed by atoms with Gasteiger partial charge in [0.15, 0.2) is 0 Å². The Hall–Kier alpha value is -1.85. The molecular formula is C19H25ClN4O. The van der Waals surface area contributed by atoms with Gasteiger partial charge in [-0.15, -0.1) is 0 Å². The maximum absolute atomic E-state index is 12.7. The molecule has 0 radical (unpaired) electrons. The van der Waals surface area contributed by atoms with Crippen LogP contribution in [0.4, 0.5) is 5.82 Å². The van der Waals surface area contributed by atoms with Gasteiger partial charge in [0, 0.05) is 22.4 Å². The van der Waals surface area contributed by atoms with Gasteiger partial charge in [-0.2, -0.15) is 5.10 Å². The number of hydrogen-bond donors (Lipinski definition) is 2. The molecule has 134 valence electrons. The first-order valence-electron chi connectivity index (χ1n) is 8.64. The van der Waals surface area contributed by atoms with E-state index >= 15 is 0 Å². The summed E-state index contributed by atoms with van der Waals surface area (Å²) in [6, 6.07) is 9.42. The third kappa shape index (κ3) is 3.88. The van der Waals surface area contributed by atoms with Crippen molar-refractivity contribution >= 4 is 23.3 Å². The van der Waals surface area contributed by atoms with Crippen LogP contribution in [0.15, 0.2) is 30.3 Å². The van der Waals surface area contributed by atoms with Gasteiger partial charge in [0.05, 0.1) is 11.4 Å². The second-order valence-corrected chi connectivity index (χ2v) is 8.19. The largest absolute Gasteiger partial charge is 0.316 e. The van der Waals surface area contributed by atoms with Crippen LogP contribution in [0, 0.1) is 11.8 Å². The van der Waals surface area contributed by atoms with E-state index in [0.717, 1.165) is 24.5 Å². The lowest BCUT2D eigenvalue weighted by molar-refractivity contribution is -0.121. The topological polar surface area (TPSA) is 59.0 Å². The minimum Gasteiger partial charge on any atom is -0.316 e. The van der Waals surface area contributed by atoms with Crippen LogP contribution in [-0.4, -0.2) is 28.8 Å². The quantitative estimate of drug-likeness (QED) is 0.875. The van der Waals surface area contributed by atoms with Gasteiger partial charge in [-0.05, 0) is 37.2 Å². The maximum atomic E-state index is 12.7. The Labute approximate surface area is 153 Å². The fraction of sp³-hybridized carbons (Fsp3) is 0.474. The predicted octanol–water partition coefficient (Wildman–Crippen LogP) is 3.62. The van der Waals surface area contributed by atoms with Gasteiger partial charge < -0.3 is 10.6 Å². The van der Waals surface area contributed by atoms with Crippen molar-refractivity contribution in [2.45, 2.75) is 33.1 Å². The molecule has 1 atom stereocenters. The zero-order chi connectivity index (χ0) is 18.2. The lowest BCUT2D eigenvalue weighted by atomic mass is 9.88. The molecule has 1 amide bonds. The summed E-state index contributed by atoms with van der Waals surface area (Å²) in [7, 11) is 0. The molecule has 0 bridgehead atoms. The number of rotatable bonds is 4. The van der Waals surface area contributed by atoms with Crippen LogP contribution in [0.25, 0.3) is 5.69 Å². The molecule has 0 spiro atoms. The average molecular weight is 361 g/mol. The number of carbonyl (C=O) groups is 1. The maximum Gasteiger partial charge on any atom is 0.228 e. The highest BCUT2D eigenvalue weighted by Crippen LogP contribution is 2.28. The van der Waals surface area contributed by atoms with E-state index in [4.69, 9.17) is 16.7 Å². The molecule has 6 heteroatoms. The summed E-state index contributed by atoms with van der Waals surface area (Å²) < 4.78 is 1.76. The fourth-order valence-corrected chi connectivity index (χ4v) is 2.94. The highest BCUT2D eigenvalue weighted by Gasteiger charge is 2.30. The van der Waals surface area contributed by atoms with Crippen LogP contribution in [-0.2, 0) is 10.2 Å². The lowest BCUT2D eigenvalue weighted by Crippen LogP contribution is -2.48. The average Bonchev–Trinajstić information content (AvgIpc) is 2.89. The number of halogens is 1. The SMILES string of the molecule is CC(C(=O)Nc1cc(C(C)(C)C)nn1-c1cccc(Cl)c1)C1CNC1. The molecule has 1 fully saturated rings. The van der Waals surface area contributed by atoms with E-state index < -0.39 is 0 Å². The van der Waals surface area contributed by atoms with Crippen molar-refractivity contribution in [3.05, 3.63) is 41.0 Å². The van der Waals surface area contributed by atoms with Crippen LogP contribution in [0.1, 0.15) is 33.4 Å². The van der Waals surface area contributed by atoms with Crippen LogP contribution in [0.3, 0.4) is 0 Å². The Balaban J connectivity index is 1.93. The summed E-state index contributed by atoms with van der Waals surface area (Å²) in [6.07, 6.45) is 0. The van der Waals surface area contributed by atoms with Crippen molar-refractivity contribution < 1.29 is 4.79 Å². The number of benzene rings is 1. The van der Waals surface area contributed by atoms with Crippen molar-refractivity contribution in [1.82, 2.24) is 15.1 Å². The first kappa shape index (κ1) is 18.0. The van der Waals surface area contributed by atoms with Gasteiger partial charge in [0.2, 0.25) is 5.91 Å². The highest BCUT2D eigenvalue weighted by atomic mass is 35.5. The molecule has 3 rings (SSSR count). The Kier molecular flexibility index (Phi) is 4.89. The smallest absolute Gasteiger partial charge is 0.228 e.